The summed E-state index contributed by atoms with van der Waals surface area (Å²) in [6.07, 6.45) is 3.52. The number of benzene rings is 2. The Morgan fingerprint density at radius 2 is 1.48 bits per heavy atom. The molecule has 0 spiro atoms. The Hall–Kier alpha value is -2.41. The van der Waals surface area contributed by atoms with Gasteiger partial charge in [0, 0.05) is 22.8 Å². The van der Waals surface area contributed by atoms with Crippen molar-refractivity contribution in [3.05, 3.63) is 83.4 Å². The molecule has 0 radical (unpaired) electrons. The molecular formula is C20H17N. The average molecular weight is 271 g/mol. The lowest BCUT2D eigenvalue weighted by atomic mass is 9.99. The number of aliphatic imine (C=N–C) groups is 1. The normalized spacial score (nSPS) is 20.3. The van der Waals surface area contributed by atoms with Crippen molar-refractivity contribution in [3.63, 3.8) is 0 Å². The Labute approximate surface area is 125 Å². The zero-order chi connectivity index (χ0) is 14.2. The number of hydrogen-bond donors (Lipinski definition) is 0. The molecule has 1 heterocycles. The van der Waals surface area contributed by atoms with Gasteiger partial charge in [-0.2, -0.15) is 0 Å². The van der Waals surface area contributed by atoms with E-state index < -0.39 is 0 Å². The van der Waals surface area contributed by atoms with Gasteiger partial charge < -0.3 is 0 Å². The fraction of sp³-hybridized carbons (Fsp3) is 0.150. The lowest BCUT2D eigenvalue weighted by molar-refractivity contribution is 1.21. The van der Waals surface area contributed by atoms with Crippen LogP contribution in [-0.4, -0.2) is 5.71 Å². The van der Waals surface area contributed by atoms with Crippen LogP contribution in [0.1, 0.15) is 24.5 Å². The monoisotopic (exact) mass is 271 g/mol. The minimum Gasteiger partial charge on any atom is -0.256 e. The SMILES string of the molecule is CC1=NC(c2ccccc2)=C(c2ccccc2)C=C2CC21. The molecule has 2 aromatic rings. The minimum atomic E-state index is 0.574. The maximum absolute atomic E-state index is 4.97. The van der Waals surface area contributed by atoms with Gasteiger partial charge in [-0.25, -0.2) is 0 Å². The number of hydrogen-bond acceptors (Lipinski definition) is 1. The highest BCUT2D eigenvalue weighted by atomic mass is 14.8. The molecule has 0 amide bonds. The Kier molecular flexibility index (Phi) is 2.85. The molecule has 0 saturated heterocycles. The van der Waals surface area contributed by atoms with Crippen molar-refractivity contribution in [3.8, 4) is 0 Å². The summed E-state index contributed by atoms with van der Waals surface area (Å²) in [4.78, 5) is 4.97. The predicted molar refractivity (Wildman–Crippen MR) is 89.0 cm³/mol. The van der Waals surface area contributed by atoms with Crippen LogP contribution in [0.3, 0.4) is 0 Å². The first-order valence-electron chi connectivity index (χ1n) is 7.44. The third-order valence-electron chi connectivity index (χ3n) is 4.24. The van der Waals surface area contributed by atoms with Crippen molar-refractivity contribution in [1.29, 1.82) is 0 Å². The highest BCUT2D eigenvalue weighted by Gasteiger charge is 2.34. The molecule has 1 aliphatic heterocycles. The summed E-state index contributed by atoms with van der Waals surface area (Å²) < 4.78 is 0. The highest BCUT2D eigenvalue weighted by molar-refractivity contribution is 6.05. The van der Waals surface area contributed by atoms with E-state index in [1.165, 1.54) is 34.4 Å². The van der Waals surface area contributed by atoms with E-state index in [2.05, 4.69) is 73.7 Å². The van der Waals surface area contributed by atoms with Crippen LogP contribution in [0.25, 0.3) is 11.3 Å². The van der Waals surface area contributed by atoms with E-state index in [0.717, 1.165) is 5.70 Å². The smallest absolute Gasteiger partial charge is 0.0779 e. The van der Waals surface area contributed by atoms with E-state index >= 15 is 0 Å². The summed E-state index contributed by atoms with van der Waals surface area (Å²) >= 11 is 0. The molecule has 0 N–H and O–H groups in total. The zero-order valence-electron chi connectivity index (χ0n) is 12.1. The fourth-order valence-corrected chi connectivity index (χ4v) is 2.97. The molecule has 4 rings (SSSR count). The molecule has 1 saturated carbocycles. The number of nitrogens with zero attached hydrogens (tertiary/aromatic N) is 1. The Morgan fingerprint density at radius 1 is 0.857 bits per heavy atom. The van der Waals surface area contributed by atoms with Gasteiger partial charge in [-0.05, 0) is 18.9 Å². The summed E-state index contributed by atoms with van der Waals surface area (Å²) in [5.41, 5.74) is 7.53. The number of fused-ring (bicyclic) bond motifs is 1. The van der Waals surface area contributed by atoms with Crippen LogP contribution in [0, 0.1) is 5.92 Å². The average Bonchev–Trinajstić information content (AvgIpc) is 3.32. The van der Waals surface area contributed by atoms with Gasteiger partial charge in [-0.15, -0.1) is 0 Å². The fourth-order valence-electron chi connectivity index (χ4n) is 2.97. The van der Waals surface area contributed by atoms with E-state index in [-0.39, 0.29) is 0 Å². The summed E-state index contributed by atoms with van der Waals surface area (Å²) in [5, 5.41) is 0. The molecule has 2 aromatic carbocycles. The molecule has 0 aromatic heterocycles. The Bertz CT molecular complexity index is 723. The van der Waals surface area contributed by atoms with E-state index in [0.29, 0.717) is 5.92 Å². The van der Waals surface area contributed by atoms with Gasteiger partial charge in [0.2, 0.25) is 0 Å². The number of allylic oxidation sites excluding steroid dienone is 3. The highest BCUT2D eigenvalue weighted by Crippen LogP contribution is 2.45. The van der Waals surface area contributed by atoms with Crippen LogP contribution >= 0.6 is 0 Å². The molecule has 21 heavy (non-hydrogen) atoms. The maximum Gasteiger partial charge on any atom is 0.0779 e. The summed E-state index contributed by atoms with van der Waals surface area (Å²) in [7, 11) is 0. The zero-order valence-corrected chi connectivity index (χ0v) is 12.1. The van der Waals surface area contributed by atoms with Crippen LogP contribution in [0.5, 0.6) is 0 Å². The van der Waals surface area contributed by atoms with Crippen molar-refractivity contribution in [2.24, 2.45) is 10.9 Å². The van der Waals surface area contributed by atoms with Gasteiger partial charge in [0.1, 0.15) is 0 Å². The second-order valence-electron chi connectivity index (χ2n) is 5.72. The van der Waals surface area contributed by atoms with E-state index in [1.54, 1.807) is 0 Å². The summed E-state index contributed by atoms with van der Waals surface area (Å²) in [6.45, 7) is 2.16. The molecule has 0 bridgehead atoms. The summed E-state index contributed by atoms with van der Waals surface area (Å²) in [5.74, 6) is 0.574. The van der Waals surface area contributed by atoms with Crippen molar-refractivity contribution >= 4 is 17.0 Å². The molecule has 1 atom stereocenters. The largest absolute Gasteiger partial charge is 0.256 e. The Balaban J connectivity index is 1.97. The van der Waals surface area contributed by atoms with Crippen LogP contribution in [0.15, 0.2) is 77.3 Å². The van der Waals surface area contributed by atoms with Crippen LogP contribution in [0.4, 0.5) is 0 Å². The van der Waals surface area contributed by atoms with Crippen LogP contribution < -0.4 is 0 Å². The number of rotatable bonds is 2. The van der Waals surface area contributed by atoms with Gasteiger partial charge >= 0.3 is 0 Å². The lowest BCUT2D eigenvalue weighted by Crippen LogP contribution is -1.95. The molecule has 102 valence electrons. The van der Waals surface area contributed by atoms with Gasteiger partial charge in [0.25, 0.3) is 0 Å². The minimum absolute atomic E-state index is 0.574. The van der Waals surface area contributed by atoms with Gasteiger partial charge in [0.15, 0.2) is 0 Å². The molecule has 1 aliphatic carbocycles. The molecule has 1 nitrogen and oxygen atoms in total. The van der Waals surface area contributed by atoms with Crippen molar-refractivity contribution in [2.75, 3.05) is 0 Å². The first-order valence-corrected chi connectivity index (χ1v) is 7.44. The maximum atomic E-state index is 4.97. The van der Waals surface area contributed by atoms with Crippen molar-refractivity contribution in [1.82, 2.24) is 0 Å². The molecular weight excluding hydrogens is 254 g/mol. The van der Waals surface area contributed by atoms with E-state index in [1.807, 2.05) is 0 Å². The van der Waals surface area contributed by atoms with Gasteiger partial charge in [-0.3, -0.25) is 4.99 Å². The first-order chi connectivity index (χ1) is 10.3. The molecule has 1 fully saturated rings. The predicted octanol–water partition coefficient (Wildman–Crippen LogP) is 4.98. The van der Waals surface area contributed by atoms with Crippen LogP contribution in [-0.2, 0) is 0 Å². The molecule has 2 aliphatic rings. The quantitative estimate of drug-likeness (QED) is 0.730. The third-order valence-corrected chi connectivity index (χ3v) is 4.24. The topological polar surface area (TPSA) is 12.4 Å². The standard InChI is InChI=1S/C20H17N/c1-14-18-12-17(18)13-19(15-8-4-2-5-9-15)20(21-14)16-10-6-3-7-11-16/h2-11,13,18H,12H2,1H3. The third kappa shape index (κ3) is 2.25. The first kappa shape index (κ1) is 12.3. The lowest BCUT2D eigenvalue weighted by Gasteiger charge is -2.10. The molecule has 1 heteroatoms. The molecule has 1 unspecified atom stereocenters. The van der Waals surface area contributed by atoms with Gasteiger partial charge in [-0.1, -0.05) is 72.3 Å². The second kappa shape index (κ2) is 4.85. The Morgan fingerprint density at radius 3 is 2.14 bits per heavy atom. The van der Waals surface area contributed by atoms with Gasteiger partial charge in [0.05, 0.1) is 5.70 Å². The second-order valence-corrected chi connectivity index (χ2v) is 5.72. The van der Waals surface area contributed by atoms with E-state index in [9.17, 15) is 0 Å². The summed E-state index contributed by atoms with van der Waals surface area (Å²) in [6, 6.07) is 21.1. The van der Waals surface area contributed by atoms with E-state index in [4.69, 9.17) is 4.99 Å². The van der Waals surface area contributed by atoms with Crippen molar-refractivity contribution in [2.45, 2.75) is 13.3 Å². The van der Waals surface area contributed by atoms with Crippen LogP contribution in [0.2, 0.25) is 0 Å². The van der Waals surface area contributed by atoms with Crippen molar-refractivity contribution < 1.29 is 0 Å².